The van der Waals surface area contributed by atoms with Crippen molar-refractivity contribution in [3.63, 3.8) is 0 Å². The average Bonchev–Trinajstić information content (AvgIpc) is 2.74. The molecule has 1 fully saturated rings. The van der Waals surface area contributed by atoms with Gasteiger partial charge in [0.25, 0.3) is 0 Å². The Kier molecular flexibility index (Phi) is 7.15. The van der Waals surface area contributed by atoms with Gasteiger partial charge in [0, 0.05) is 12.6 Å². The van der Waals surface area contributed by atoms with Crippen LogP contribution in [0.25, 0.3) is 0 Å². The third kappa shape index (κ3) is 5.30. The van der Waals surface area contributed by atoms with Gasteiger partial charge in [-0.25, -0.2) is 0 Å². The zero-order valence-corrected chi connectivity index (χ0v) is 17.9. The van der Waals surface area contributed by atoms with Crippen LogP contribution in [0.5, 0.6) is 11.5 Å². The first-order valence-corrected chi connectivity index (χ1v) is 10.3. The fourth-order valence-corrected chi connectivity index (χ4v) is 4.27. The van der Waals surface area contributed by atoms with Crippen LogP contribution in [0.3, 0.4) is 0 Å². The highest BCUT2D eigenvalue weighted by molar-refractivity contribution is 5.78. The lowest BCUT2D eigenvalue weighted by Crippen LogP contribution is -2.42. The lowest BCUT2D eigenvalue weighted by atomic mass is 9.85. The Morgan fingerprint density at radius 1 is 1.14 bits per heavy atom. The molecule has 0 bridgehead atoms. The van der Waals surface area contributed by atoms with Crippen molar-refractivity contribution in [3.05, 3.63) is 59.2 Å². The molecule has 0 aliphatic carbocycles. The van der Waals surface area contributed by atoms with Gasteiger partial charge in [-0.15, -0.1) is 0 Å². The summed E-state index contributed by atoms with van der Waals surface area (Å²) in [7, 11) is 5.51. The molecule has 5 heteroatoms. The Morgan fingerprint density at radius 3 is 2.59 bits per heavy atom. The van der Waals surface area contributed by atoms with E-state index in [9.17, 15) is 4.79 Å². The topological polar surface area (TPSA) is 50.8 Å². The van der Waals surface area contributed by atoms with E-state index in [1.54, 1.807) is 14.2 Å². The van der Waals surface area contributed by atoms with Crippen LogP contribution in [0, 0.1) is 12.8 Å². The Balaban J connectivity index is 1.63. The van der Waals surface area contributed by atoms with Crippen molar-refractivity contribution in [1.82, 2.24) is 10.2 Å². The van der Waals surface area contributed by atoms with Crippen LogP contribution < -0.4 is 14.8 Å². The summed E-state index contributed by atoms with van der Waals surface area (Å²) in [4.78, 5) is 15.0. The van der Waals surface area contributed by atoms with Gasteiger partial charge in [0.1, 0.15) is 11.5 Å². The van der Waals surface area contributed by atoms with Crippen LogP contribution in [-0.4, -0.2) is 45.2 Å². The molecule has 5 nitrogen and oxygen atoms in total. The zero-order chi connectivity index (χ0) is 20.8. The number of carbonyl (C=O) groups excluding carboxylic acids is 1. The molecular formula is C24H32N2O3. The van der Waals surface area contributed by atoms with E-state index < -0.39 is 0 Å². The predicted molar refractivity (Wildman–Crippen MR) is 116 cm³/mol. The number of amides is 1. The molecule has 2 atom stereocenters. The molecule has 1 heterocycles. The van der Waals surface area contributed by atoms with Gasteiger partial charge in [-0.2, -0.15) is 0 Å². The van der Waals surface area contributed by atoms with Gasteiger partial charge in [-0.1, -0.05) is 24.3 Å². The fourth-order valence-electron chi connectivity index (χ4n) is 4.27. The Bertz CT molecular complexity index is 819. The number of hydrogen-bond acceptors (Lipinski definition) is 4. The maximum atomic E-state index is 12.6. The summed E-state index contributed by atoms with van der Waals surface area (Å²) < 4.78 is 10.7. The van der Waals surface area contributed by atoms with E-state index in [4.69, 9.17) is 9.47 Å². The molecule has 1 aliphatic rings. The van der Waals surface area contributed by atoms with Crippen molar-refractivity contribution in [2.24, 2.45) is 5.92 Å². The lowest BCUT2D eigenvalue weighted by molar-refractivity contribution is -0.120. The van der Waals surface area contributed by atoms with Crippen LogP contribution in [0.15, 0.2) is 42.5 Å². The number of carbonyl (C=O) groups is 1. The van der Waals surface area contributed by atoms with Gasteiger partial charge in [-0.05, 0) is 74.2 Å². The third-order valence-electron chi connectivity index (χ3n) is 5.86. The second-order valence-corrected chi connectivity index (χ2v) is 7.89. The van der Waals surface area contributed by atoms with Gasteiger partial charge < -0.3 is 14.8 Å². The van der Waals surface area contributed by atoms with Crippen molar-refractivity contribution in [1.29, 1.82) is 0 Å². The number of methoxy groups -OCH3 is 2. The van der Waals surface area contributed by atoms with E-state index in [0.29, 0.717) is 24.9 Å². The monoisotopic (exact) mass is 396 g/mol. The zero-order valence-electron chi connectivity index (χ0n) is 17.9. The smallest absolute Gasteiger partial charge is 0.224 e. The van der Waals surface area contributed by atoms with Gasteiger partial charge >= 0.3 is 0 Å². The average molecular weight is 397 g/mol. The molecule has 2 aromatic carbocycles. The number of nitrogens with one attached hydrogen (secondary N) is 1. The summed E-state index contributed by atoms with van der Waals surface area (Å²) in [6.45, 7) is 3.76. The van der Waals surface area contributed by atoms with Crippen molar-refractivity contribution in [3.8, 4) is 11.5 Å². The van der Waals surface area contributed by atoms with E-state index in [-0.39, 0.29) is 5.91 Å². The predicted octanol–water partition coefficient (Wildman–Crippen LogP) is 3.75. The Morgan fingerprint density at radius 2 is 1.90 bits per heavy atom. The number of benzene rings is 2. The molecule has 29 heavy (non-hydrogen) atoms. The number of piperidine rings is 1. The van der Waals surface area contributed by atoms with Gasteiger partial charge in [0.15, 0.2) is 0 Å². The maximum Gasteiger partial charge on any atom is 0.224 e. The molecule has 2 unspecified atom stereocenters. The van der Waals surface area contributed by atoms with Crippen molar-refractivity contribution in [2.75, 3.05) is 34.4 Å². The number of likely N-dealkylation sites (tertiary alicyclic amines) is 1. The third-order valence-corrected chi connectivity index (χ3v) is 5.86. The highest BCUT2D eigenvalue weighted by atomic mass is 16.5. The van der Waals surface area contributed by atoms with Crippen LogP contribution >= 0.6 is 0 Å². The van der Waals surface area contributed by atoms with Crippen molar-refractivity contribution >= 4 is 5.91 Å². The first-order valence-electron chi connectivity index (χ1n) is 10.3. The number of hydrogen-bond donors (Lipinski definition) is 1. The second kappa shape index (κ2) is 9.79. The van der Waals surface area contributed by atoms with E-state index in [0.717, 1.165) is 42.0 Å². The molecule has 1 N–H and O–H groups in total. The standard InChI is InChI=1S/C24H32N2O3/c1-17-7-8-18(14-22(17)29-4)15-23(27)25-16-20-6-5-13-26(2)24(20)19-9-11-21(28-3)12-10-19/h7-12,14,20,24H,5-6,13,15-16H2,1-4H3,(H,25,27). The highest BCUT2D eigenvalue weighted by Crippen LogP contribution is 2.35. The summed E-state index contributed by atoms with van der Waals surface area (Å²) in [5, 5.41) is 3.16. The first-order chi connectivity index (χ1) is 14.0. The van der Waals surface area contributed by atoms with Crippen LogP contribution in [0.1, 0.15) is 35.6 Å². The van der Waals surface area contributed by atoms with Crippen LogP contribution in [-0.2, 0) is 11.2 Å². The Labute approximate surface area is 174 Å². The second-order valence-electron chi connectivity index (χ2n) is 7.89. The fraction of sp³-hybridized carbons (Fsp3) is 0.458. The van der Waals surface area contributed by atoms with Gasteiger partial charge in [-0.3, -0.25) is 9.69 Å². The minimum atomic E-state index is 0.0533. The number of nitrogens with zero attached hydrogens (tertiary/aromatic N) is 1. The molecule has 0 aromatic heterocycles. The molecule has 1 saturated heterocycles. The molecule has 156 valence electrons. The molecular weight excluding hydrogens is 364 g/mol. The minimum Gasteiger partial charge on any atom is -0.497 e. The van der Waals surface area contributed by atoms with Crippen molar-refractivity contribution in [2.45, 2.75) is 32.2 Å². The maximum absolute atomic E-state index is 12.6. The molecule has 3 rings (SSSR count). The molecule has 0 saturated carbocycles. The summed E-state index contributed by atoms with van der Waals surface area (Å²) >= 11 is 0. The normalized spacial score (nSPS) is 19.6. The van der Waals surface area contributed by atoms with E-state index in [1.807, 2.05) is 37.3 Å². The summed E-state index contributed by atoms with van der Waals surface area (Å²) in [5.41, 5.74) is 3.32. The number of rotatable bonds is 7. The lowest BCUT2D eigenvalue weighted by Gasteiger charge is -2.39. The summed E-state index contributed by atoms with van der Waals surface area (Å²) in [6, 6.07) is 14.5. The van der Waals surface area contributed by atoms with Gasteiger partial charge in [0.05, 0.1) is 20.6 Å². The van der Waals surface area contributed by atoms with Crippen LogP contribution in [0.2, 0.25) is 0 Å². The first kappa shape index (κ1) is 21.2. The summed E-state index contributed by atoms with van der Waals surface area (Å²) in [5.74, 6) is 2.13. The van der Waals surface area contributed by atoms with Gasteiger partial charge in [0.2, 0.25) is 5.91 Å². The quantitative estimate of drug-likeness (QED) is 0.774. The van der Waals surface area contributed by atoms with E-state index in [1.165, 1.54) is 5.56 Å². The SMILES string of the molecule is COc1ccc(C2C(CNC(=O)Cc3ccc(C)c(OC)c3)CCCN2C)cc1. The van der Waals surface area contributed by atoms with Crippen LogP contribution in [0.4, 0.5) is 0 Å². The molecule has 2 aromatic rings. The van der Waals surface area contributed by atoms with E-state index in [2.05, 4.69) is 29.4 Å². The largest absolute Gasteiger partial charge is 0.497 e. The summed E-state index contributed by atoms with van der Waals surface area (Å²) in [6.07, 6.45) is 2.63. The number of aryl methyl sites for hydroxylation is 1. The minimum absolute atomic E-state index is 0.0533. The highest BCUT2D eigenvalue weighted by Gasteiger charge is 2.30. The Hall–Kier alpha value is -2.53. The molecule has 1 aliphatic heterocycles. The van der Waals surface area contributed by atoms with Crippen molar-refractivity contribution < 1.29 is 14.3 Å². The number of ether oxygens (including phenoxy) is 2. The molecule has 0 spiro atoms. The molecule has 1 amide bonds. The molecule has 0 radical (unpaired) electrons. The van der Waals surface area contributed by atoms with E-state index >= 15 is 0 Å².